The smallest absolute Gasteiger partial charge is 0.434 e. The molecule has 1 aromatic rings. The highest BCUT2D eigenvalue weighted by molar-refractivity contribution is 8.45. The Morgan fingerprint density at radius 1 is 0.886 bits per heavy atom. The highest BCUT2D eigenvalue weighted by Gasteiger charge is 2.65. The Kier molecular flexibility index (Phi) is 8.44. The van der Waals surface area contributed by atoms with Crippen molar-refractivity contribution in [3.8, 4) is 0 Å². The molecule has 6 nitrogen and oxygen atoms in total. The van der Waals surface area contributed by atoms with E-state index in [1.807, 2.05) is 0 Å². The van der Waals surface area contributed by atoms with Gasteiger partial charge in [0, 0.05) is 25.2 Å². The Morgan fingerprint density at radius 3 is 1.95 bits per heavy atom. The number of nitrogens with zero attached hydrogens (tertiary/aromatic N) is 2. The van der Waals surface area contributed by atoms with Crippen LogP contribution in [0.15, 0.2) is 23.1 Å². The molecule has 0 atom stereocenters. The SMILES string of the molecule is O=C(O)C1CCC(c2cc(CN3CCCC34CCN(C(=O)OC(C(F)(F)F)C(F)(F)F)CC4)cc(S(F)(F)(F)(F)F)c2)CC1. The first-order valence-corrected chi connectivity index (χ1v) is 15.8. The summed E-state index contributed by atoms with van der Waals surface area (Å²) >= 11 is 0. The molecule has 18 heteroatoms. The Labute approximate surface area is 245 Å². The number of carbonyl (C=O) groups is 2. The topological polar surface area (TPSA) is 70.1 Å². The zero-order chi connectivity index (χ0) is 33.0. The molecule has 0 bridgehead atoms. The summed E-state index contributed by atoms with van der Waals surface area (Å²) in [4.78, 5) is 23.9. The van der Waals surface area contributed by atoms with Crippen molar-refractivity contribution < 1.29 is 65.2 Å². The van der Waals surface area contributed by atoms with Gasteiger partial charge in [-0.3, -0.25) is 9.69 Å². The third-order valence-corrected chi connectivity index (χ3v) is 9.99. The number of carboxylic acids is 1. The van der Waals surface area contributed by atoms with Crippen LogP contribution in [-0.4, -0.2) is 70.6 Å². The second-order valence-corrected chi connectivity index (χ2v) is 14.3. The van der Waals surface area contributed by atoms with Crippen molar-refractivity contribution in [2.45, 2.75) is 92.7 Å². The number of ether oxygens (including phenoxy) is 1. The number of piperidine rings is 1. The summed E-state index contributed by atoms with van der Waals surface area (Å²) < 4.78 is 151. The minimum absolute atomic E-state index is 0.0179. The molecule has 44 heavy (non-hydrogen) atoms. The first-order valence-electron chi connectivity index (χ1n) is 13.8. The fourth-order valence-electron chi connectivity index (χ4n) is 6.54. The van der Waals surface area contributed by atoms with Gasteiger partial charge in [0.2, 0.25) is 0 Å². The summed E-state index contributed by atoms with van der Waals surface area (Å²) in [6, 6.07) is 2.21. The molecule has 252 valence electrons. The Bertz CT molecular complexity index is 1240. The molecule has 1 amide bonds. The van der Waals surface area contributed by atoms with Crippen LogP contribution in [0.3, 0.4) is 0 Å². The number of rotatable bonds is 6. The average Bonchev–Trinajstić information content (AvgIpc) is 3.25. The predicted molar refractivity (Wildman–Crippen MR) is 136 cm³/mol. The quantitative estimate of drug-likeness (QED) is 0.305. The van der Waals surface area contributed by atoms with Gasteiger partial charge in [0.25, 0.3) is 6.10 Å². The minimum Gasteiger partial charge on any atom is -0.481 e. The van der Waals surface area contributed by atoms with Gasteiger partial charge in [-0.2, -0.15) is 26.3 Å². The largest absolute Gasteiger partial charge is 0.481 e. The molecular formula is C26H31F11N2O4S. The summed E-state index contributed by atoms with van der Waals surface area (Å²) in [5, 5.41) is 9.22. The lowest BCUT2D eigenvalue weighted by atomic mass is 9.78. The van der Waals surface area contributed by atoms with Crippen molar-refractivity contribution in [1.29, 1.82) is 0 Å². The van der Waals surface area contributed by atoms with E-state index in [0.29, 0.717) is 36.4 Å². The van der Waals surface area contributed by atoms with E-state index >= 15 is 0 Å². The molecule has 3 fully saturated rings. The van der Waals surface area contributed by atoms with E-state index in [1.54, 1.807) is 4.90 Å². The van der Waals surface area contributed by atoms with Crippen LogP contribution in [0.5, 0.6) is 0 Å². The highest BCUT2D eigenvalue weighted by Crippen LogP contribution is 3.02. The molecule has 1 aromatic carbocycles. The van der Waals surface area contributed by atoms with E-state index in [-0.39, 0.29) is 69.3 Å². The number of aliphatic carboxylic acids is 1. The molecule has 1 spiro atoms. The molecule has 1 saturated carbocycles. The van der Waals surface area contributed by atoms with Crippen molar-refractivity contribution in [2.24, 2.45) is 5.92 Å². The molecule has 0 radical (unpaired) electrons. The van der Waals surface area contributed by atoms with Crippen LogP contribution in [-0.2, 0) is 16.1 Å². The number of hydrogen-bond donors (Lipinski definition) is 1. The summed E-state index contributed by atoms with van der Waals surface area (Å²) in [5.74, 6) is -2.28. The van der Waals surface area contributed by atoms with Gasteiger partial charge in [0.1, 0.15) is 4.90 Å². The van der Waals surface area contributed by atoms with Gasteiger partial charge in [0.15, 0.2) is 0 Å². The van der Waals surface area contributed by atoms with Crippen molar-refractivity contribution in [1.82, 2.24) is 9.80 Å². The molecule has 2 heterocycles. The molecule has 0 aromatic heterocycles. The van der Waals surface area contributed by atoms with Gasteiger partial charge in [-0.15, -0.1) is 0 Å². The number of benzene rings is 1. The molecule has 1 aliphatic carbocycles. The second kappa shape index (κ2) is 10.8. The number of hydrogen-bond acceptors (Lipinski definition) is 4. The Hall–Kier alpha value is -2.50. The van der Waals surface area contributed by atoms with E-state index in [9.17, 15) is 60.5 Å². The van der Waals surface area contributed by atoms with Gasteiger partial charge in [-0.25, -0.2) is 4.79 Å². The fourth-order valence-corrected chi connectivity index (χ4v) is 7.27. The number of halogens is 11. The van der Waals surface area contributed by atoms with E-state index in [0.717, 1.165) is 0 Å². The number of alkyl halides is 6. The molecule has 3 aliphatic rings. The lowest BCUT2D eigenvalue weighted by molar-refractivity contribution is -0.308. The normalized spacial score (nSPS) is 25.1. The van der Waals surface area contributed by atoms with Crippen LogP contribution in [0.25, 0.3) is 0 Å². The number of carboxylic acid groups (broad SMARTS) is 1. The standard InChI is InChI=1S/C26H31F11N2O4S/c27-25(28,29)22(26(30,31)32)43-23(42)38-10-7-24(8-11-38)6-1-9-39(24)15-16-12-19(14-20(13-16)44(33,34,35,36)37)17-2-4-18(5-3-17)21(40)41/h12-14,17-18,22H,1-11,15H2,(H,40,41). The van der Waals surface area contributed by atoms with Gasteiger partial charge in [-0.05, 0) is 87.1 Å². The predicted octanol–water partition coefficient (Wildman–Crippen LogP) is 8.76. The summed E-state index contributed by atoms with van der Waals surface area (Å²) in [5.41, 5.74) is -0.828. The summed E-state index contributed by atoms with van der Waals surface area (Å²) in [6.45, 7) is -0.454. The van der Waals surface area contributed by atoms with Crippen LogP contribution in [0.4, 0.5) is 50.6 Å². The Balaban J connectivity index is 1.52. The van der Waals surface area contributed by atoms with Crippen LogP contribution in [0.1, 0.15) is 68.4 Å². The zero-order valence-electron chi connectivity index (χ0n) is 23.1. The first-order chi connectivity index (χ1) is 19.9. The molecule has 2 aliphatic heterocycles. The monoisotopic (exact) mass is 676 g/mol. The second-order valence-electron chi connectivity index (χ2n) is 11.8. The van der Waals surface area contributed by atoms with E-state index < -0.39 is 63.0 Å². The first kappa shape index (κ1) is 34.4. The minimum atomic E-state index is -10.1. The zero-order valence-corrected chi connectivity index (χ0v) is 23.9. The third kappa shape index (κ3) is 7.83. The fraction of sp³-hybridized carbons (Fsp3) is 0.692. The van der Waals surface area contributed by atoms with E-state index in [2.05, 4.69) is 4.74 Å². The van der Waals surface area contributed by atoms with Gasteiger partial charge in [-0.1, -0.05) is 25.5 Å². The summed E-state index contributed by atoms with van der Waals surface area (Å²) in [7, 11) is -10.1. The van der Waals surface area contributed by atoms with Gasteiger partial charge in [0.05, 0.1) is 5.92 Å². The van der Waals surface area contributed by atoms with E-state index in [1.165, 1.54) is 6.07 Å². The third-order valence-electron chi connectivity index (χ3n) is 8.86. The van der Waals surface area contributed by atoms with Crippen molar-refractivity contribution in [3.05, 3.63) is 29.3 Å². The maximum absolute atomic E-state index is 14.0. The van der Waals surface area contributed by atoms with Crippen LogP contribution < -0.4 is 0 Å². The molecule has 2 saturated heterocycles. The highest BCUT2D eigenvalue weighted by atomic mass is 32.5. The molecular weight excluding hydrogens is 645 g/mol. The average molecular weight is 677 g/mol. The molecule has 4 rings (SSSR count). The van der Waals surface area contributed by atoms with Gasteiger partial charge < -0.3 is 14.7 Å². The Morgan fingerprint density at radius 2 is 1.45 bits per heavy atom. The number of carbonyl (C=O) groups excluding carboxylic acids is 1. The number of likely N-dealkylation sites (tertiary alicyclic amines) is 2. The van der Waals surface area contributed by atoms with Crippen LogP contribution in [0.2, 0.25) is 0 Å². The molecule has 0 unspecified atom stereocenters. The van der Waals surface area contributed by atoms with Crippen LogP contribution >= 0.6 is 10.2 Å². The summed E-state index contributed by atoms with van der Waals surface area (Å²) in [6.07, 6.45) is -16.0. The van der Waals surface area contributed by atoms with E-state index in [4.69, 9.17) is 0 Å². The van der Waals surface area contributed by atoms with Crippen molar-refractivity contribution in [2.75, 3.05) is 19.6 Å². The number of amides is 1. The molecule has 1 N–H and O–H groups in total. The van der Waals surface area contributed by atoms with Crippen LogP contribution in [0, 0.1) is 5.92 Å². The van der Waals surface area contributed by atoms with Crippen molar-refractivity contribution >= 4 is 22.3 Å². The van der Waals surface area contributed by atoms with Crippen molar-refractivity contribution in [3.63, 3.8) is 0 Å². The maximum atomic E-state index is 14.0. The maximum Gasteiger partial charge on any atom is 0.434 e. The lowest BCUT2D eigenvalue weighted by Gasteiger charge is -2.45. The lowest BCUT2D eigenvalue weighted by Crippen LogP contribution is -2.54. The van der Waals surface area contributed by atoms with Gasteiger partial charge >= 0.3 is 34.6 Å².